The van der Waals surface area contributed by atoms with Gasteiger partial charge in [0.05, 0.1) is 13.1 Å². The number of nitriles is 1. The lowest BCUT2D eigenvalue weighted by atomic mass is 9.98. The van der Waals surface area contributed by atoms with Crippen molar-refractivity contribution in [2.45, 2.75) is 25.3 Å². The third-order valence-corrected chi connectivity index (χ3v) is 3.44. The van der Waals surface area contributed by atoms with E-state index in [1.165, 1.54) is 4.90 Å². The van der Waals surface area contributed by atoms with Crippen LogP contribution in [0.2, 0.25) is 0 Å². The van der Waals surface area contributed by atoms with Crippen LogP contribution in [0.25, 0.3) is 0 Å². The van der Waals surface area contributed by atoms with Gasteiger partial charge in [0.2, 0.25) is 0 Å². The SMILES string of the molecule is CN(C)C(=O)C[NH+](C)CC(=O)N[C@@](C)(C#N)C1CC1. The maximum Gasteiger partial charge on any atom is 0.277 e. The van der Waals surface area contributed by atoms with Gasteiger partial charge in [-0.1, -0.05) is 0 Å². The van der Waals surface area contributed by atoms with Crippen molar-refractivity contribution in [2.24, 2.45) is 5.92 Å². The van der Waals surface area contributed by atoms with Crippen LogP contribution in [0.15, 0.2) is 0 Å². The Morgan fingerprint density at radius 1 is 1.42 bits per heavy atom. The molecule has 1 aliphatic rings. The smallest absolute Gasteiger partial charge is 0.277 e. The first kappa shape index (κ1) is 15.4. The summed E-state index contributed by atoms with van der Waals surface area (Å²) >= 11 is 0. The Labute approximate surface area is 114 Å². The predicted molar refractivity (Wildman–Crippen MR) is 70.2 cm³/mol. The summed E-state index contributed by atoms with van der Waals surface area (Å²) in [7, 11) is 5.17. The van der Waals surface area contributed by atoms with Gasteiger partial charge in [-0.2, -0.15) is 5.26 Å². The normalized spacial score (nSPS) is 18.9. The number of hydrogen-bond acceptors (Lipinski definition) is 3. The summed E-state index contributed by atoms with van der Waals surface area (Å²) in [6.45, 7) is 2.24. The van der Waals surface area contributed by atoms with Crippen LogP contribution in [-0.4, -0.2) is 56.5 Å². The Bertz CT molecular complexity index is 398. The van der Waals surface area contributed by atoms with Gasteiger partial charge >= 0.3 is 0 Å². The van der Waals surface area contributed by atoms with E-state index in [0.29, 0.717) is 0 Å². The van der Waals surface area contributed by atoms with Crippen LogP contribution in [0, 0.1) is 17.2 Å². The standard InChI is InChI=1S/C13H22N4O2/c1-13(9-14,10-5-6-10)15-11(18)7-17(4)8-12(19)16(2)3/h10H,5-8H2,1-4H3,(H,15,18)/p+1/t13-/m0/s1. The minimum atomic E-state index is -0.761. The molecular formula is C13H23N4O2+. The van der Waals surface area contributed by atoms with Crippen LogP contribution >= 0.6 is 0 Å². The lowest BCUT2D eigenvalue weighted by Crippen LogP contribution is -3.11. The fourth-order valence-electron chi connectivity index (χ4n) is 1.97. The fourth-order valence-corrected chi connectivity index (χ4v) is 1.97. The zero-order valence-electron chi connectivity index (χ0n) is 12.1. The monoisotopic (exact) mass is 267 g/mol. The molecule has 2 amide bonds. The third kappa shape index (κ3) is 4.52. The fraction of sp³-hybridized carbons (Fsp3) is 0.769. The zero-order chi connectivity index (χ0) is 14.6. The molecule has 6 heteroatoms. The van der Waals surface area contributed by atoms with Crippen LogP contribution < -0.4 is 10.2 Å². The van der Waals surface area contributed by atoms with Crippen molar-refractivity contribution in [3.05, 3.63) is 0 Å². The molecule has 1 fully saturated rings. The van der Waals surface area contributed by atoms with Crippen molar-refractivity contribution in [3.63, 3.8) is 0 Å². The van der Waals surface area contributed by atoms with E-state index in [-0.39, 0.29) is 30.8 Å². The average Bonchev–Trinajstić information content (AvgIpc) is 3.11. The summed E-state index contributed by atoms with van der Waals surface area (Å²) in [6.07, 6.45) is 1.98. The van der Waals surface area contributed by atoms with Gasteiger partial charge in [0.15, 0.2) is 13.1 Å². The van der Waals surface area contributed by atoms with Crippen molar-refractivity contribution in [1.82, 2.24) is 10.2 Å². The molecule has 0 spiro atoms. The molecule has 106 valence electrons. The average molecular weight is 267 g/mol. The number of nitrogens with one attached hydrogen (secondary N) is 2. The number of likely N-dealkylation sites (N-methyl/N-ethyl adjacent to an activating group) is 2. The number of nitrogens with zero attached hydrogens (tertiary/aromatic N) is 2. The minimum absolute atomic E-state index is 0.0180. The van der Waals surface area contributed by atoms with Crippen molar-refractivity contribution in [2.75, 3.05) is 34.2 Å². The van der Waals surface area contributed by atoms with Crippen LogP contribution in [0.1, 0.15) is 19.8 Å². The van der Waals surface area contributed by atoms with Gasteiger partial charge in [0, 0.05) is 14.1 Å². The van der Waals surface area contributed by atoms with E-state index in [1.807, 2.05) is 0 Å². The minimum Gasteiger partial charge on any atom is -0.344 e. The second-order valence-electron chi connectivity index (χ2n) is 5.74. The van der Waals surface area contributed by atoms with Gasteiger partial charge in [-0.25, -0.2) is 0 Å². The lowest BCUT2D eigenvalue weighted by Gasteiger charge is -2.24. The summed E-state index contributed by atoms with van der Waals surface area (Å²) in [5.41, 5.74) is -0.761. The molecule has 1 saturated carbocycles. The molecule has 0 heterocycles. The first-order chi connectivity index (χ1) is 8.78. The highest BCUT2D eigenvalue weighted by molar-refractivity contribution is 5.79. The van der Waals surface area contributed by atoms with Gasteiger partial charge in [0.1, 0.15) is 5.54 Å². The molecule has 1 unspecified atom stereocenters. The molecule has 0 aromatic rings. The molecule has 1 rings (SSSR count). The van der Waals surface area contributed by atoms with Crippen LogP contribution in [0.4, 0.5) is 0 Å². The second kappa shape index (κ2) is 6.02. The summed E-state index contributed by atoms with van der Waals surface area (Å²) in [4.78, 5) is 25.7. The first-order valence-electron chi connectivity index (χ1n) is 6.52. The van der Waals surface area contributed by atoms with Gasteiger partial charge in [-0.15, -0.1) is 0 Å². The maximum absolute atomic E-state index is 11.9. The molecule has 2 atom stereocenters. The van der Waals surface area contributed by atoms with Crippen molar-refractivity contribution in [1.29, 1.82) is 5.26 Å². The summed E-state index contributed by atoms with van der Waals surface area (Å²) in [5.74, 6) is 0.0701. The molecule has 0 radical (unpaired) electrons. The first-order valence-corrected chi connectivity index (χ1v) is 6.52. The highest BCUT2D eigenvalue weighted by Crippen LogP contribution is 2.38. The highest BCUT2D eigenvalue weighted by Gasteiger charge is 2.43. The van der Waals surface area contributed by atoms with E-state index < -0.39 is 5.54 Å². The van der Waals surface area contributed by atoms with Gasteiger partial charge in [-0.05, 0) is 25.7 Å². The summed E-state index contributed by atoms with van der Waals surface area (Å²) < 4.78 is 0. The van der Waals surface area contributed by atoms with Crippen LogP contribution in [-0.2, 0) is 9.59 Å². The molecule has 2 N–H and O–H groups in total. The number of hydrogen-bond donors (Lipinski definition) is 2. The predicted octanol–water partition coefficient (Wildman–Crippen LogP) is -1.60. The van der Waals surface area contributed by atoms with E-state index >= 15 is 0 Å². The molecule has 0 aromatic carbocycles. The summed E-state index contributed by atoms with van der Waals surface area (Å²) in [5, 5.41) is 12.0. The summed E-state index contributed by atoms with van der Waals surface area (Å²) in [6, 6.07) is 2.19. The molecule has 0 saturated heterocycles. The third-order valence-electron chi connectivity index (χ3n) is 3.44. The lowest BCUT2D eigenvalue weighted by molar-refractivity contribution is -0.863. The van der Waals surface area contributed by atoms with E-state index in [1.54, 1.807) is 28.1 Å². The zero-order valence-corrected chi connectivity index (χ0v) is 12.1. The van der Waals surface area contributed by atoms with E-state index in [9.17, 15) is 9.59 Å². The molecule has 0 aliphatic heterocycles. The quantitative estimate of drug-likeness (QED) is 0.608. The molecular weight excluding hydrogens is 244 g/mol. The number of amides is 2. The van der Waals surface area contributed by atoms with Gasteiger partial charge in [0.25, 0.3) is 11.8 Å². The maximum atomic E-state index is 11.9. The Balaban J connectivity index is 2.42. The Morgan fingerprint density at radius 3 is 2.42 bits per heavy atom. The van der Waals surface area contributed by atoms with E-state index in [0.717, 1.165) is 17.7 Å². The van der Waals surface area contributed by atoms with E-state index in [4.69, 9.17) is 5.26 Å². The Hall–Kier alpha value is -1.61. The molecule has 19 heavy (non-hydrogen) atoms. The van der Waals surface area contributed by atoms with Crippen molar-refractivity contribution < 1.29 is 14.5 Å². The molecule has 6 nitrogen and oxygen atoms in total. The molecule has 1 aliphatic carbocycles. The van der Waals surface area contributed by atoms with Gasteiger partial charge in [-0.3, -0.25) is 9.59 Å². The van der Waals surface area contributed by atoms with Crippen molar-refractivity contribution >= 4 is 11.8 Å². The van der Waals surface area contributed by atoms with Crippen molar-refractivity contribution in [3.8, 4) is 6.07 Å². The highest BCUT2D eigenvalue weighted by atomic mass is 16.2. The molecule has 0 aromatic heterocycles. The number of carbonyl (C=O) groups excluding carboxylic acids is 2. The number of rotatable bonds is 6. The Kier molecular flexibility index (Phi) is 4.90. The van der Waals surface area contributed by atoms with E-state index in [2.05, 4.69) is 11.4 Å². The topological polar surface area (TPSA) is 77.6 Å². The molecule has 0 bridgehead atoms. The van der Waals surface area contributed by atoms with Gasteiger partial charge < -0.3 is 15.1 Å². The van der Waals surface area contributed by atoms with Crippen LogP contribution in [0.3, 0.4) is 0 Å². The number of carbonyl (C=O) groups is 2. The largest absolute Gasteiger partial charge is 0.344 e. The number of quaternary nitrogens is 1. The second-order valence-corrected chi connectivity index (χ2v) is 5.74. The van der Waals surface area contributed by atoms with Crippen LogP contribution in [0.5, 0.6) is 0 Å². The Morgan fingerprint density at radius 2 is 2.00 bits per heavy atom.